The molecule has 0 spiro atoms. The molecule has 0 aliphatic heterocycles. The second kappa shape index (κ2) is 8.31. The highest BCUT2D eigenvalue weighted by Gasteiger charge is 2.31. The van der Waals surface area contributed by atoms with Gasteiger partial charge in [-0.05, 0) is 31.4 Å². The third-order valence-electron chi connectivity index (χ3n) is 4.78. The van der Waals surface area contributed by atoms with Gasteiger partial charge in [-0.2, -0.15) is 0 Å². The molecule has 1 unspecified atom stereocenters. The molecule has 0 radical (unpaired) electrons. The van der Waals surface area contributed by atoms with E-state index >= 15 is 0 Å². The van der Waals surface area contributed by atoms with Gasteiger partial charge in [-0.15, -0.1) is 0 Å². The normalized spacial score (nSPS) is 14.5. The van der Waals surface area contributed by atoms with E-state index in [-0.39, 0.29) is 5.03 Å². The first-order chi connectivity index (χ1) is 12.2. The van der Waals surface area contributed by atoms with Crippen LogP contribution in [0, 0.1) is 5.92 Å². The molecule has 3 nitrogen and oxygen atoms in total. The minimum absolute atomic E-state index is 0.145. The number of hydrogen-bond acceptors (Lipinski definition) is 3. The molecule has 0 saturated heterocycles. The zero-order valence-corrected chi connectivity index (χ0v) is 18.1. The highest BCUT2D eigenvalue weighted by atomic mass is 32.2. The van der Waals surface area contributed by atoms with Gasteiger partial charge in [0, 0.05) is 6.20 Å². The lowest BCUT2D eigenvalue weighted by atomic mass is 10.1. The predicted octanol–water partition coefficient (Wildman–Crippen LogP) is 4.37. The van der Waals surface area contributed by atoms with E-state index in [0.29, 0.717) is 5.92 Å². The summed E-state index contributed by atoms with van der Waals surface area (Å²) in [4.78, 5) is 4.05. The smallest absolute Gasteiger partial charge is 0.201 e. The number of pyridine rings is 1. The van der Waals surface area contributed by atoms with Gasteiger partial charge in [0.25, 0.3) is 0 Å². The maximum Gasteiger partial charge on any atom is 0.201 e. The molecular weight excluding hydrogens is 358 g/mol. The molecule has 0 N–H and O–H groups in total. The molecule has 0 saturated carbocycles. The third kappa shape index (κ3) is 4.71. The molecule has 26 heavy (non-hydrogen) atoms. The van der Waals surface area contributed by atoms with Gasteiger partial charge >= 0.3 is 0 Å². The van der Waals surface area contributed by atoms with E-state index in [1.165, 1.54) is 16.6 Å². The minimum Gasteiger partial charge on any atom is -0.245 e. The molecule has 2 rings (SSSR count). The summed E-state index contributed by atoms with van der Waals surface area (Å²) in [6, 6.07) is 15.5. The van der Waals surface area contributed by atoms with Gasteiger partial charge < -0.3 is 0 Å². The van der Waals surface area contributed by atoms with Crippen molar-refractivity contribution < 1.29 is 8.42 Å². The van der Waals surface area contributed by atoms with Crippen LogP contribution in [0.4, 0.5) is 0 Å². The Morgan fingerprint density at radius 3 is 2.19 bits per heavy atom. The Bertz CT molecular complexity index is 844. The Morgan fingerprint density at radius 1 is 1.04 bits per heavy atom. The lowest BCUT2D eigenvalue weighted by Crippen LogP contribution is -2.44. The van der Waals surface area contributed by atoms with Crippen LogP contribution in [-0.4, -0.2) is 26.7 Å². The van der Waals surface area contributed by atoms with Gasteiger partial charge in [-0.25, -0.2) is 13.4 Å². The summed E-state index contributed by atoms with van der Waals surface area (Å²) in [5.74, 6) is 0.474. The second-order valence-corrected chi connectivity index (χ2v) is 14.4. The van der Waals surface area contributed by atoms with E-state index in [2.05, 4.69) is 56.2 Å². The van der Waals surface area contributed by atoms with Crippen molar-refractivity contribution in [3.63, 3.8) is 0 Å². The fourth-order valence-electron chi connectivity index (χ4n) is 3.09. The average Bonchev–Trinajstić information content (AvgIpc) is 2.62. The highest BCUT2D eigenvalue weighted by molar-refractivity contribution is 7.92. The van der Waals surface area contributed by atoms with Gasteiger partial charge in [0.1, 0.15) is 8.07 Å². The minimum atomic E-state index is -3.48. The van der Waals surface area contributed by atoms with Crippen molar-refractivity contribution in [2.24, 2.45) is 5.92 Å². The van der Waals surface area contributed by atoms with Crippen LogP contribution >= 0.6 is 0 Å². The van der Waals surface area contributed by atoms with E-state index in [1.54, 1.807) is 25.1 Å². The maximum absolute atomic E-state index is 12.9. The van der Waals surface area contributed by atoms with Crippen LogP contribution in [0.3, 0.4) is 0 Å². The molecule has 1 atom stereocenters. The molecule has 2 aromatic rings. The molecule has 0 fully saturated rings. The average molecular weight is 388 g/mol. The van der Waals surface area contributed by atoms with E-state index in [9.17, 15) is 8.42 Å². The molecular formula is C21H29NO2SSi. The molecule has 1 heterocycles. The third-order valence-corrected chi connectivity index (χ3v) is 10.5. The quantitative estimate of drug-likeness (QED) is 0.663. The van der Waals surface area contributed by atoms with E-state index in [0.717, 1.165) is 6.42 Å². The summed E-state index contributed by atoms with van der Waals surface area (Å²) >= 11 is 0. The Kier molecular flexibility index (Phi) is 6.58. The monoisotopic (exact) mass is 387 g/mol. The van der Waals surface area contributed by atoms with Gasteiger partial charge in [-0.3, -0.25) is 0 Å². The molecule has 0 amide bonds. The fraction of sp³-hybridized carbons (Fsp3) is 0.381. The summed E-state index contributed by atoms with van der Waals surface area (Å²) in [5.41, 5.74) is 0. The second-order valence-electron chi connectivity index (χ2n) is 7.70. The summed E-state index contributed by atoms with van der Waals surface area (Å²) < 4.78 is 25.9. The maximum atomic E-state index is 12.9. The van der Waals surface area contributed by atoms with Crippen LogP contribution in [0.1, 0.15) is 27.2 Å². The van der Waals surface area contributed by atoms with Crippen LogP contribution in [0.5, 0.6) is 0 Å². The number of sulfone groups is 1. The van der Waals surface area contributed by atoms with Crippen LogP contribution in [0.15, 0.2) is 71.0 Å². The van der Waals surface area contributed by atoms with Gasteiger partial charge in [0.15, 0.2) is 5.03 Å². The van der Waals surface area contributed by atoms with Gasteiger partial charge in [0.05, 0.1) is 5.25 Å². The first kappa shape index (κ1) is 20.6. The van der Waals surface area contributed by atoms with Crippen LogP contribution < -0.4 is 5.19 Å². The van der Waals surface area contributed by atoms with Crippen LogP contribution in [0.25, 0.3) is 0 Å². The number of benzene rings is 1. The predicted molar refractivity (Wildman–Crippen MR) is 112 cm³/mol. The molecule has 1 aromatic carbocycles. The number of rotatable bonds is 7. The number of allylic oxidation sites excluding steroid dienone is 1. The largest absolute Gasteiger partial charge is 0.245 e. The first-order valence-corrected chi connectivity index (χ1v) is 13.6. The molecule has 0 aliphatic carbocycles. The highest BCUT2D eigenvalue weighted by Crippen LogP contribution is 2.25. The molecule has 140 valence electrons. The van der Waals surface area contributed by atoms with Crippen molar-refractivity contribution in [3.8, 4) is 0 Å². The number of hydrogen-bond donors (Lipinski definition) is 0. The van der Waals surface area contributed by atoms with Crippen LogP contribution in [0.2, 0.25) is 13.1 Å². The zero-order chi connectivity index (χ0) is 19.4. The van der Waals surface area contributed by atoms with Crippen molar-refractivity contribution >= 4 is 23.1 Å². The van der Waals surface area contributed by atoms with E-state index in [4.69, 9.17) is 0 Å². The van der Waals surface area contributed by atoms with Gasteiger partial charge in [-0.1, -0.05) is 79.8 Å². The molecule has 0 aliphatic rings. The topological polar surface area (TPSA) is 47.0 Å². The Balaban J connectivity index is 2.46. The van der Waals surface area contributed by atoms with Crippen molar-refractivity contribution in [1.29, 1.82) is 0 Å². The summed E-state index contributed by atoms with van der Waals surface area (Å²) in [6.45, 7) is 10.7. The number of nitrogens with zero attached hydrogens (tertiary/aromatic N) is 1. The van der Waals surface area contributed by atoms with Crippen molar-refractivity contribution in [1.82, 2.24) is 4.98 Å². The Morgan fingerprint density at radius 2 is 1.65 bits per heavy atom. The number of aromatic nitrogens is 1. The Hall–Kier alpha value is -1.72. The van der Waals surface area contributed by atoms with Crippen molar-refractivity contribution in [2.75, 3.05) is 0 Å². The molecule has 1 aromatic heterocycles. The summed E-state index contributed by atoms with van der Waals surface area (Å²) in [5, 5.41) is 2.16. The van der Waals surface area contributed by atoms with Crippen molar-refractivity contribution in [3.05, 3.63) is 66.0 Å². The standard InChI is InChI=1S/C21H29NO2SSi/c1-17(2)15-20(26(4,5)19-11-7-6-8-12-19)16-18(3)25(23,24)21-13-9-10-14-22-21/h6-14,16-18H,15H2,1-5H3/b20-16+. The molecule has 0 bridgehead atoms. The molecule has 5 heteroatoms. The summed E-state index contributed by atoms with van der Waals surface area (Å²) in [7, 11) is -5.42. The zero-order valence-electron chi connectivity index (χ0n) is 16.3. The van der Waals surface area contributed by atoms with Gasteiger partial charge in [0.2, 0.25) is 9.84 Å². The van der Waals surface area contributed by atoms with E-state index in [1.807, 2.05) is 12.1 Å². The van der Waals surface area contributed by atoms with E-state index < -0.39 is 23.2 Å². The summed E-state index contributed by atoms with van der Waals surface area (Å²) in [6.07, 6.45) is 4.43. The SMILES string of the molecule is CC(C)C/C(=C\C(C)S(=O)(=O)c1ccccn1)[Si](C)(C)c1ccccc1. The first-order valence-electron chi connectivity index (χ1n) is 9.07. The van der Waals surface area contributed by atoms with Crippen LogP contribution in [-0.2, 0) is 9.84 Å². The Labute approximate surface area is 159 Å². The lowest BCUT2D eigenvalue weighted by molar-refractivity contribution is 0.586. The lowest BCUT2D eigenvalue weighted by Gasteiger charge is -2.29. The fourth-order valence-corrected chi connectivity index (χ4v) is 7.39. The van der Waals surface area contributed by atoms with Crippen molar-refractivity contribution in [2.45, 2.75) is 50.6 Å².